The lowest BCUT2D eigenvalue weighted by atomic mass is 9.94. The highest BCUT2D eigenvalue weighted by atomic mass is 35.5. The summed E-state index contributed by atoms with van der Waals surface area (Å²) >= 11 is 0. The van der Waals surface area contributed by atoms with Gasteiger partial charge >= 0.3 is 0 Å². The van der Waals surface area contributed by atoms with E-state index >= 15 is 0 Å². The first-order valence-corrected chi connectivity index (χ1v) is 8.67. The zero-order valence-corrected chi connectivity index (χ0v) is 15.2. The van der Waals surface area contributed by atoms with Gasteiger partial charge in [0.25, 0.3) is 5.91 Å². The average Bonchev–Trinajstić information content (AvgIpc) is 2.96. The van der Waals surface area contributed by atoms with Gasteiger partial charge in [0, 0.05) is 24.7 Å². The highest BCUT2D eigenvalue weighted by Crippen LogP contribution is 2.23. The second-order valence-electron chi connectivity index (χ2n) is 6.58. The van der Waals surface area contributed by atoms with Gasteiger partial charge in [-0.3, -0.25) is 9.59 Å². The van der Waals surface area contributed by atoms with Crippen molar-refractivity contribution >= 4 is 24.2 Å². The van der Waals surface area contributed by atoms with Gasteiger partial charge in [-0.2, -0.15) is 0 Å². The molecule has 26 heavy (non-hydrogen) atoms. The number of hydrogen-bond acceptors (Lipinski definition) is 3. The molecular formula is C20H22ClN3O2. The van der Waals surface area contributed by atoms with E-state index in [1.54, 1.807) is 4.90 Å². The van der Waals surface area contributed by atoms with Gasteiger partial charge in [0.2, 0.25) is 5.91 Å². The van der Waals surface area contributed by atoms with Crippen molar-refractivity contribution in [2.45, 2.75) is 19.0 Å². The Labute approximate surface area is 159 Å². The number of nitrogens with one attached hydrogen (secondary N) is 2. The lowest BCUT2D eigenvalue weighted by Gasteiger charge is -2.27. The van der Waals surface area contributed by atoms with Crippen LogP contribution in [-0.2, 0) is 17.8 Å². The molecule has 2 aliphatic rings. The van der Waals surface area contributed by atoms with Crippen LogP contribution in [0.25, 0.3) is 0 Å². The maximum absolute atomic E-state index is 12.3. The number of benzene rings is 2. The maximum Gasteiger partial charge on any atom is 0.254 e. The van der Waals surface area contributed by atoms with Crippen LogP contribution >= 0.6 is 12.4 Å². The van der Waals surface area contributed by atoms with E-state index < -0.39 is 0 Å². The summed E-state index contributed by atoms with van der Waals surface area (Å²) in [4.78, 5) is 26.3. The normalized spacial score (nSPS) is 17.9. The molecule has 2 aliphatic heterocycles. The summed E-state index contributed by atoms with van der Waals surface area (Å²) in [5.41, 5.74) is 4.28. The van der Waals surface area contributed by atoms with Crippen LogP contribution in [0.5, 0.6) is 0 Å². The minimum Gasteiger partial charge on any atom is -0.353 e. The van der Waals surface area contributed by atoms with Crippen LogP contribution in [-0.4, -0.2) is 36.3 Å². The van der Waals surface area contributed by atoms with Crippen LogP contribution in [0, 0.1) is 0 Å². The van der Waals surface area contributed by atoms with Crippen LogP contribution < -0.4 is 10.6 Å². The fourth-order valence-corrected chi connectivity index (χ4v) is 3.66. The van der Waals surface area contributed by atoms with Crippen molar-refractivity contribution in [2.24, 2.45) is 0 Å². The van der Waals surface area contributed by atoms with E-state index in [1.807, 2.05) is 30.3 Å². The number of nitrogens with zero attached hydrogens (tertiary/aromatic N) is 1. The molecule has 5 nitrogen and oxygen atoms in total. The van der Waals surface area contributed by atoms with Crippen LogP contribution in [0.1, 0.15) is 33.1 Å². The smallest absolute Gasteiger partial charge is 0.254 e. The Bertz CT molecular complexity index is 824. The molecule has 1 unspecified atom stereocenters. The predicted molar refractivity (Wildman–Crippen MR) is 102 cm³/mol. The van der Waals surface area contributed by atoms with Gasteiger partial charge in [0.1, 0.15) is 6.54 Å². The van der Waals surface area contributed by atoms with E-state index in [4.69, 9.17) is 0 Å². The zero-order valence-electron chi connectivity index (χ0n) is 14.4. The van der Waals surface area contributed by atoms with Crippen LogP contribution in [0.4, 0.5) is 0 Å². The molecule has 0 aromatic heterocycles. The maximum atomic E-state index is 12.3. The summed E-state index contributed by atoms with van der Waals surface area (Å²) in [5, 5.41) is 6.42. The fraction of sp³-hybridized carbons (Fsp3) is 0.300. The minimum atomic E-state index is -0.119. The summed E-state index contributed by atoms with van der Waals surface area (Å²) in [6.07, 6.45) is 1.02. The Morgan fingerprint density at radius 3 is 2.65 bits per heavy atom. The molecule has 2 aromatic rings. The van der Waals surface area contributed by atoms with Gasteiger partial charge in [-0.15, -0.1) is 12.4 Å². The Morgan fingerprint density at radius 2 is 1.85 bits per heavy atom. The summed E-state index contributed by atoms with van der Waals surface area (Å²) in [6.45, 7) is 2.05. The molecule has 0 radical (unpaired) electrons. The van der Waals surface area contributed by atoms with Gasteiger partial charge in [0.05, 0.1) is 0 Å². The molecule has 0 aliphatic carbocycles. The second kappa shape index (κ2) is 7.89. The van der Waals surface area contributed by atoms with E-state index in [2.05, 4.69) is 28.8 Å². The zero-order chi connectivity index (χ0) is 17.2. The van der Waals surface area contributed by atoms with Gasteiger partial charge in [-0.25, -0.2) is 0 Å². The molecule has 0 spiro atoms. The molecule has 1 atom stereocenters. The summed E-state index contributed by atoms with van der Waals surface area (Å²) in [7, 11) is 0. The third-order valence-corrected chi connectivity index (χ3v) is 4.95. The fourth-order valence-electron chi connectivity index (χ4n) is 3.66. The lowest BCUT2D eigenvalue weighted by molar-refractivity contribution is -0.121. The van der Waals surface area contributed by atoms with Gasteiger partial charge in [0.15, 0.2) is 0 Å². The van der Waals surface area contributed by atoms with Crippen molar-refractivity contribution < 1.29 is 9.59 Å². The van der Waals surface area contributed by atoms with Crippen LogP contribution in [0.3, 0.4) is 0 Å². The molecule has 2 amide bonds. The molecule has 2 heterocycles. The minimum absolute atomic E-state index is 0. The molecule has 6 heteroatoms. The SMILES string of the molecule is Cl.O=C(CN1Cc2ccccc2C1=O)NCC1NCCc2ccccc21. The van der Waals surface area contributed by atoms with Crippen molar-refractivity contribution in [3.05, 3.63) is 70.8 Å². The standard InChI is InChI=1S/C20H21N3O2.ClH/c24-19(13-23-12-15-6-2-4-8-17(15)20(23)25)22-11-18-16-7-3-1-5-14(16)9-10-21-18;/h1-8,18,21H,9-13H2,(H,22,24);1H. The summed E-state index contributed by atoms with van der Waals surface area (Å²) < 4.78 is 0. The van der Waals surface area contributed by atoms with E-state index in [-0.39, 0.29) is 36.8 Å². The molecule has 2 aromatic carbocycles. The first-order valence-electron chi connectivity index (χ1n) is 8.67. The Balaban J connectivity index is 0.00000196. The predicted octanol–water partition coefficient (Wildman–Crippen LogP) is 2.07. The van der Waals surface area contributed by atoms with E-state index in [9.17, 15) is 9.59 Å². The molecule has 0 fully saturated rings. The van der Waals surface area contributed by atoms with Crippen molar-refractivity contribution in [1.29, 1.82) is 0 Å². The summed E-state index contributed by atoms with van der Waals surface area (Å²) in [6, 6.07) is 16.0. The van der Waals surface area contributed by atoms with Crippen LogP contribution in [0.2, 0.25) is 0 Å². The lowest BCUT2D eigenvalue weighted by Crippen LogP contribution is -2.42. The summed E-state index contributed by atoms with van der Waals surface area (Å²) in [5.74, 6) is -0.183. The topological polar surface area (TPSA) is 61.4 Å². The van der Waals surface area contributed by atoms with Crippen molar-refractivity contribution in [2.75, 3.05) is 19.6 Å². The number of halogens is 1. The largest absolute Gasteiger partial charge is 0.353 e. The molecular weight excluding hydrogens is 350 g/mol. The average molecular weight is 372 g/mol. The molecule has 136 valence electrons. The number of fused-ring (bicyclic) bond motifs is 2. The van der Waals surface area contributed by atoms with E-state index in [0.29, 0.717) is 18.7 Å². The second-order valence-corrected chi connectivity index (χ2v) is 6.58. The Hall–Kier alpha value is -2.37. The quantitative estimate of drug-likeness (QED) is 0.864. The Kier molecular flexibility index (Phi) is 5.59. The molecule has 0 bridgehead atoms. The van der Waals surface area contributed by atoms with Crippen LogP contribution in [0.15, 0.2) is 48.5 Å². The monoisotopic (exact) mass is 371 g/mol. The highest BCUT2D eigenvalue weighted by Gasteiger charge is 2.28. The van der Waals surface area contributed by atoms with Crippen molar-refractivity contribution in [1.82, 2.24) is 15.5 Å². The first kappa shape index (κ1) is 18.4. The number of rotatable bonds is 4. The number of carbonyl (C=O) groups excluding carboxylic acids is 2. The first-order chi connectivity index (χ1) is 12.2. The third kappa shape index (κ3) is 3.59. The van der Waals surface area contributed by atoms with E-state index in [1.165, 1.54) is 11.1 Å². The van der Waals surface area contributed by atoms with E-state index in [0.717, 1.165) is 18.5 Å². The number of hydrogen-bond donors (Lipinski definition) is 2. The molecule has 0 saturated carbocycles. The Morgan fingerprint density at radius 1 is 1.12 bits per heavy atom. The van der Waals surface area contributed by atoms with Crippen molar-refractivity contribution in [3.8, 4) is 0 Å². The molecule has 0 saturated heterocycles. The highest BCUT2D eigenvalue weighted by molar-refractivity contribution is 6.00. The van der Waals surface area contributed by atoms with Gasteiger partial charge < -0.3 is 15.5 Å². The molecule has 2 N–H and O–H groups in total. The van der Waals surface area contributed by atoms with Gasteiger partial charge in [-0.1, -0.05) is 42.5 Å². The number of amides is 2. The molecule has 4 rings (SSSR count). The van der Waals surface area contributed by atoms with Gasteiger partial charge in [-0.05, 0) is 35.7 Å². The number of carbonyl (C=O) groups is 2. The third-order valence-electron chi connectivity index (χ3n) is 4.95. The van der Waals surface area contributed by atoms with Crippen molar-refractivity contribution in [3.63, 3.8) is 0 Å².